The van der Waals surface area contributed by atoms with Gasteiger partial charge in [-0.25, -0.2) is 0 Å². The fourth-order valence-corrected chi connectivity index (χ4v) is 3.07. The lowest BCUT2D eigenvalue weighted by atomic mass is 10.0. The van der Waals surface area contributed by atoms with E-state index >= 15 is 0 Å². The van der Waals surface area contributed by atoms with Crippen LogP contribution in [-0.2, 0) is 12.8 Å². The summed E-state index contributed by atoms with van der Waals surface area (Å²) in [6.45, 7) is 4.33. The molecule has 0 saturated carbocycles. The topological polar surface area (TPSA) is 0 Å². The third-order valence-corrected chi connectivity index (χ3v) is 5.05. The molecule has 94 valence electrons. The van der Waals surface area contributed by atoms with Crippen LogP contribution in [0.5, 0.6) is 0 Å². The highest BCUT2D eigenvalue weighted by molar-refractivity contribution is 14.1. The van der Waals surface area contributed by atoms with Crippen molar-refractivity contribution in [3.05, 3.63) is 66.7 Å². The Balaban J connectivity index is 2.25. The molecule has 2 aromatic rings. The Hall–Kier alpha value is -0.350. The lowest BCUT2D eigenvalue weighted by Gasteiger charge is -2.08. The molecule has 0 bridgehead atoms. The van der Waals surface area contributed by atoms with Gasteiger partial charge in [0.1, 0.15) is 0 Å². The van der Waals surface area contributed by atoms with E-state index in [4.69, 9.17) is 0 Å². The number of hydrogen-bond donors (Lipinski definition) is 0. The van der Waals surface area contributed by atoms with Gasteiger partial charge in [-0.2, -0.15) is 0 Å². The maximum atomic E-state index is 3.66. The molecular weight excluding hydrogens is 399 g/mol. The Kier molecular flexibility index (Phi) is 4.84. The molecule has 0 N–H and O–H groups in total. The summed E-state index contributed by atoms with van der Waals surface area (Å²) >= 11 is 6.06. The number of halogens is 2. The molecule has 0 saturated heterocycles. The summed E-state index contributed by atoms with van der Waals surface area (Å²) in [5, 5.41) is 0. The summed E-state index contributed by atoms with van der Waals surface area (Å²) < 4.78 is 2.54. The van der Waals surface area contributed by atoms with Crippen molar-refractivity contribution >= 4 is 38.5 Å². The predicted molar refractivity (Wildman–Crippen MR) is 90.2 cm³/mol. The van der Waals surface area contributed by atoms with Crippen molar-refractivity contribution in [3.8, 4) is 0 Å². The van der Waals surface area contributed by atoms with Gasteiger partial charge < -0.3 is 0 Å². The molecule has 0 fully saturated rings. The first-order chi connectivity index (χ1) is 8.60. The van der Waals surface area contributed by atoms with Crippen LogP contribution in [0.2, 0.25) is 0 Å². The Morgan fingerprint density at radius 2 is 1.67 bits per heavy atom. The fraction of sp³-hybridized carbons (Fsp3) is 0.250. The van der Waals surface area contributed by atoms with Crippen molar-refractivity contribution in [1.29, 1.82) is 0 Å². The SMILES string of the molecule is CCc1ccc(Cc2cc(I)c(C)cc2Br)cc1. The van der Waals surface area contributed by atoms with E-state index in [1.54, 1.807) is 0 Å². The quantitative estimate of drug-likeness (QED) is 0.580. The summed E-state index contributed by atoms with van der Waals surface area (Å²) in [5.41, 5.74) is 5.45. The summed E-state index contributed by atoms with van der Waals surface area (Å²) in [6.07, 6.45) is 2.09. The largest absolute Gasteiger partial charge is 0.0613 e. The molecule has 2 heteroatoms. The van der Waals surface area contributed by atoms with Gasteiger partial charge in [0, 0.05) is 8.04 Å². The number of aryl methyl sites for hydroxylation is 2. The Morgan fingerprint density at radius 1 is 1.06 bits per heavy atom. The Labute approximate surface area is 131 Å². The molecule has 2 aromatic carbocycles. The maximum absolute atomic E-state index is 3.66. The summed E-state index contributed by atoms with van der Waals surface area (Å²) in [6, 6.07) is 13.4. The molecule has 0 spiro atoms. The average Bonchev–Trinajstić information content (AvgIpc) is 2.37. The fourth-order valence-electron chi connectivity index (χ4n) is 1.94. The monoisotopic (exact) mass is 414 g/mol. The van der Waals surface area contributed by atoms with Gasteiger partial charge >= 0.3 is 0 Å². The van der Waals surface area contributed by atoms with Gasteiger partial charge in [-0.3, -0.25) is 0 Å². The Morgan fingerprint density at radius 3 is 2.28 bits per heavy atom. The second-order valence-corrected chi connectivity index (χ2v) is 6.56. The zero-order valence-electron chi connectivity index (χ0n) is 10.6. The van der Waals surface area contributed by atoms with Crippen molar-refractivity contribution in [2.24, 2.45) is 0 Å². The van der Waals surface area contributed by atoms with Gasteiger partial charge in [0.05, 0.1) is 0 Å². The van der Waals surface area contributed by atoms with Crippen LogP contribution in [0.4, 0.5) is 0 Å². The molecular formula is C16H16BrI. The summed E-state index contributed by atoms with van der Waals surface area (Å²) in [7, 11) is 0. The van der Waals surface area contributed by atoms with E-state index in [1.165, 1.54) is 30.3 Å². The van der Waals surface area contributed by atoms with Crippen molar-refractivity contribution in [2.75, 3.05) is 0 Å². The first kappa shape index (κ1) is 14.1. The van der Waals surface area contributed by atoms with Crippen LogP contribution < -0.4 is 0 Å². The molecule has 0 radical (unpaired) electrons. The van der Waals surface area contributed by atoms with Crippen LogP contribution in [0, 0.1) is 10.5 Å². The highest BCUT2D eigenvalue weighted by atomic mass is 127. The normalized spacial score (nSPS) is 10.7. The lowest BCUT2D eigenvalue weighted by molar-refractivity contribution is 1.11. The molecule has 0 unspecified atom stereocenters. The second kappa shape index (κ2) is 6.20. The van der Waals surface area contributed by atoms with E-state index in [9.17, 15) is 0 Å². The molecule has 0 nitrogen and oxygen atoms in total. The average molecular weight is 415 g/mol. The minimum atomic E-state index is 0.987. The van der Waals surface area contributed by atoms with Gasteiger partial charge in [-0.15, -0.1) is 0 Å². The van der Waals surface area contributed by atoms with E-state index < -0.39 is 0 Å². The Bertz CT molecular complexity index is 544. The van der Waals surface area contributed by atoms with Crippen molar-refractivity contribution in [3.63, 3.8) is 0 Å². The minimum Gasteiger partial charge on any atom is -0.0613 e. The molecule has 2 rings (SSSR count). The van der Waals surface area contributed by atoms with E-state index in [0.717, 1.165) is 12.8 Å². The van der Waals surface area contributed by atoms with E-state index in [-0.39, 0.29) is 0 Å². The molecule has 0 heterocycles. The molecule has 0 atom stereocenters. The van der Waals surface area contributed by atoms with E-state index in [2.05, 4.69) is 88.8 Å². The minimum absolute atomic E-state index is 0.987. The maximum Gasteiger partial charge on any atom is 0.0214 e. The van der Waals surface area contributed by atoms with Crippen LogP contribution in [0.15, 0.2) is 40.9 Å². The molecule has 0 aliphatic carbocycles. The van der Waals surface area contributed by atoms with Gasteiger partial charge in [0.25, 0.3) is 0 Å². The standard InChI is InChI=1S/C16H16BrI/c1-3-12-4-6-13(7-5-12)9-14-10-16(18)11(2)8-15(14)17/h4-8,10H,3,9H2,1-2H3. The van der Waals surface area contributed by atoms with Gasteiger partial charge in [-0.1, -0.05) is 47.1 Å². The number of hydrogen-bond acceptors (Lipinski definition) is 0. The highest BCUT2D eigenvalue weighted by Gasteiger charge is 2.05. The van der Waals surface area contributed by atoms with E-state index in [0.29, 0.717) is 0 Å². The van der Waals surface area contributed by atoms with Crippen molar-refractivity contribution < 1.29 is 0 Å². The van der Waals surface area contributed by atoms with Crippen LogP contribution in [0.1, 0.15) is 29.2 Å². The van der Waals surface area contributed by atoms with Crippen LogP contribution in [0.25, 0.3) is 0 Å². The van der Waals surface area contributed by atoms with Crippen LogP contribution in [0.3, 0.4) is 0 Å². The zero-order valence-corrected chi connectivity index (χ0v) is 14.4. The molecule has 0 amide bonds. The van der Waals surface area contributed by atoms with E-state index in [1.807, 2.05) is 0 Å². The van der Waals surface area contributed by atoms with Crippen LogP contribution >= 0.6 is 38.5 Å². The zero-order chi connectivity index (χ0) is 13.1. The van der Waals surface area contributed by atoms with Crippen molar-refractivity contribution in [1.82, 2.24) is 0 Å². The predicted octanol–water partition coefficient (Wildman–Crippen LogP) is 5.52. The van der Waals surface area contributed by atoms with Gasteiger partial charge in [-0.05, 0) is 76.7 Å². The third kappa shape index (κ3) is 3.35. The molecule has 18 heavy (non-hydrogen) atoms. The first-order valence-electron chi connectivity index (χ1n) is 6.12. The van der Waals surface area contributed by atoms with Gasteiger partial charge in [0.15, 0.2) is 0 Å². The summed E-state index contributed by atoms with van der Waals surface area (Å²) in [4.78, 5) is 0. The number of benzene rings is 2. The number of rotatable bonds is 3. The van der Waals surface area contributed by atoms with Gasteiger partial charge in [0.2, 0.25) is 0 Å². The van der Waals surface area contributed by atoms with Crippen LogP contribution in [-0.4, -0.2) is 0 Å². The smallest absolute Gasteiger partial charge is 0.0214 e. The third-order valence-electron chi connectivity index (χ3n) is 3.15. The molecule has 0 aliphatic rings. The molecule has 0 aliphatic heterocycles. The summed E-state index contributed by atoms with van der Waals surface area (Å²) in [5.74, 6) is 0. The highest BCUT2D eigenvalue weighted by Crippen LogP contribution is 2.25. The second-order valence-electron chi connectivity index (χ2n) is 4.54. The lowest BCUT2D eigenvalue weighted by Crippen LogP contribution is -1.93. The van der Waals surface area contributed by atoms with Crippen molar-refractivity contribution in [2.45, 2.75) is 26.7 Å². The molecule has 0 aromatic heterocycles. The first-order valence-corrected chi connectivity index (χ1v) is 7.99.